The number of carbonyl (C=O) groups excluding carboxylic acids is 1. The van der Waals surface area contributed by atoms with Crippen LogP contribution in [-0.4, -0.2) is 36.5 Å². The molecule has 1 saturated heterocycles. The van der Waals surface area contributed by atoms with Gasteiger partial charge in [-0.15, -0.1) is 0 Å². The second-order valence-electron chi connectivity index (χ2n) is 7.45. The third kappa shape index (κ3) is 2.54. The molecular formula is C16H30N2O. The summed E-state index contributed by atoms with van der Waals surface area (Å²) in [5.41, 5.74) is 0.304. The van der Waals surface area contributed by atoms with Crippen molar-refractivity contribution in [3.63, 3.8) is 0 Å². The van der Waals surface area contributed by atoms with Crippen LogP contribution in [0, 0.1) is 16.7 Å². The summed E-state index contributed by atoms with van der Waals surface area (Å²) in [6.45, 7) is 14.0. The third-order valence-corrected chi connectivity index (χ3v) is 5.68. The largest absolute Gasteiger partial charge is 0.341 e. The smallest absolute Gasteiger partial charge is 0.226 e. The van der Waals surface area contributed by atoms with Crippen LogP contribution in [0.2, 0.25) is 0 Å². The zero-order chi connectivity index (χ0) is 14.3. The maximum absolute atomic E-state index is 12.8. The van der Waals surface area contributed by atoms with Crippen LogP contribution < -0.4 is 5.32 Å². The zero-order valence-electron chi connectivity index (χ0n) is 13.3. The van der Waals surface area contributed by atoms with E-state index in [2.05, 4.69) is 44.8 Å². The van der Waals surface area contributed by atoms with Crippen molar-refractivity contribution < 1.29 is 4.79 Å². The van der Waals surface area contributed by atoms with E-state index in [1.807, 2.05) is 0 Å². The van der Waals surface area contributed by atoms with Crippen LogP contribution in [0.25, 0.3) is 0 Å². The highest BCUT2D eigenvalue weighted by Crippen LogP contribution is 2.68. The van der Waals surface area contributed by atoms with E-state index >= 15 is 0 Å². The third-order valence-electron chi connectivity index (χ3n) is 5.68. The average molecular weight is 266 g/mol. The molecule has 1 heterocycles. The number of rotatable bonds is 5. The summed E-state index contributed by atoms with van der Waals surface area (Å²) < 4.78 is 0. The summed E-state index contributed by atoms with van der Waals surface area (Å²) >= 11 is 0. The van der Waals surface area contributed by atoms with Crippen LogP contribution in [0.5, 0.6) is 0 Å². The molecule has 1 aliphatic heterocycles. The van der Waals surface area contributed by atoms with Gasteiger partial charge in [0.1, 0.15) is 0 Å². The van der Waals surface area contributed by atoms with Crippen molar-refractivity contribution >= 4 is 5.91 Å². The van der Waals surface area contributed by atoms with Crippen molar-refractivity contribution in [1.82, 2.24) is 10.2 Å². The molecule has 110 valence electrons. The van der Waals surface area contributed by atoms with Crippen LogP contribution in [-0.2, 0) is 4.79 Å². The summed E-state index contributed by atoms with van der Waals surface area (Å²) in [6, 6.07) is 0.514. The molecule has 0 aromatic carbocycles. The number of amides is 1. The molecule has 2 fully saturated rings. The molecule has 0 spiro atoms. The Kier molecular flexibility index (Phi) is 3.97. The lowest BCUT2D eigenvalue weighted by molar-refractivity contribution is -0.134. The van der Waals surface area contributed by atoms with E-state index in [4.69, 9.17) is 0 Å². The van der Waals surface area contributed by atoms with Gasteiger partial charge in [0, 0.05) is 25.0 Å². The second kappa shape index (κ2) is 5.08. The van der Waals surface area contributed by atoms with Crippen LogP contribution in [0.1, 0.15) is 53.9 Å². The van der Waals surface area contributed by atoms with Gasteiger partial charge in [0.2, 0.25) is 5.91 Å². The molecule has 2 aliphatic rings. The molecule has 1 unspecified atom stereocenters. The second-order valence-corrected chi connectivity index (χ2v) is 7.45. The lowest BCUT2D eigenvalue weighted by Gasteiger charge is -2.26. The van der Waals surface area contributed by atoms with Gasteiger partial charge in [-0.3, -0.25) is 4.79 Å². The molecule has 0 bridgehead atoms. The average Bonchev–Trinajstić information content (AvgIpc) is 2.73. The minimum Gasteiger partial charge on any atom is -0.341 e. The first-order valence-electron chi connectivity index (χ1n) is 7.84. The summed E-state index contributed by atoms with van der Waals surface area (Å²) in [5.74, 6) is 0.582. The number of carbonyl (C=O) groups is 1. The molecule has 1 N–H and O–H groups in total. The van der Waals surface area contributed by atoms with Gasteiger partial charge >= 0.3 is 0 Å². The molecule has 0 aromatic heterocycles. The molecule has 1 atom stereocenters. The number of hydrogen-bond acceptors (Lipinski definition) is 2. The van der Waals surface area contributed by atoms with Crippen molar-refractivity contribution in [2.75, 3.05) is 19.6 Å². The van der Waals surface area contributed by atoms with Crippen LogP contribution >= 0.6 is 0 Å². The van der Waals surface area contributed by atoms with Gasteiger partial charge in [0.25, 0.3) is 0 Å². The van der Waals surface area contributed by atoms with E-state index in [1.54, 1.807) is 0 Å². The molecule has 19 heavy (non-hydrogen) atoms. The molecule has 3 heteroatoms. The van der Waals surface area contributed by atoms with Gasteiger partial charge in [-0.1, -0.05) is 34.6 Å². The van der Waals surface area contributed by atoms with E-state index < -0.39 is 0 Å². The topological polar surface area (TPSA) is 32.3 Å². The molecule has 0 aromatic rings. The van der Waals surface area contributed by atoms with Crippen molar-refractivity contribution in [2.24, 2.45) is 16.7 Å². The monoisotopic (exact) mass is 266 g/mol. The predicted molar refractivity (Wildman–Crippen MR) is 78.9 cm³/mol. The first-order valence-corrected chi connectivity index (χ1v) is 7.84. The normalized spacial score (nSPS) is 28.4. The Labute approximate surface area is 118 Å². The molecule has 0 radical (unpaired) electrons. The molecular weight excluding hydrogens is 236 g/mol. The van der Waals surface area contributed by atoms with E-state index in [9.17, 15) is 4.79 Å². The van der Waals surface area contributed by atoms with Crippen molar-refractivity contribution in [2.45, 2.75) is 59.9 Å². The Morgan fingerprint density at radius 1 is 1.26 bits per heavy atom. The van der Waals surface area contributed by atoms with Gasteiger partial charge in [-0.25, -0.2) is 0 Å². The van der Waals surface area contributed by atoms with E-state index in [1.165, 1.54) is 12.8 Å². The summed E-state index contributed by atoms with van der Waals surface area (Å²) in [7, 11) is 0. The SMILES string of the molecule is CCCN(CC1CCCN1)C(=O)C1C(C)(C)C1(C)C. The highest BCUT2D eigenvalue weighted by Gasteiger charge is 2.68. The van der Waals surface area contributed by atoms with Gasteiger partial charge in [-0.05, 0) is 36.6 Å². The van der Waals surface area contributed by atoms with Gasteiger partial charge in [0.15, 0.2) is 0 Å². The molecule has 1 saturated carbocycles. The molecule has 3 nitrogen and oxygen atoms in total. The van der Waals surface area contributed by atoms with Crippen molar-refractivity contribution in [3.8, 4) is 0 Å². The van der Waals surface area contributed by atoms with Gasteiger partial charge in [0.05, 0.1) is 0 Å². The van der Waals surface area contributed by atoms with E-state index in [0.717, 1.165) is 26.1 Å². The van der Waals surface area contributed by atoms with Gasteiger partial charge < -0.3 is 10.2 Å². The lowest BCUT2D eigenvalue weighted by Crippen LogP contribution is -2.43. The zero-order valence-corrected chi connectivity index (χ0v) is 13.3. The number of nitrogens with one attached hydrogen (secondary N) is 1. The quantitative estimate of drug-likeness (QED) is 0.829. The van der Waals surface area contributed by atoms with Crippen molar-refractivity contribution in [1.29, 1.82) is 0 Å². The number of nitrogens with zero attached hydrogens (tertiary/aromatic N) is 1. The van der Waals surface area contributed by atoms with Crippen LogP contribution in [0.3, 0.4) is 0 Å². The van der Waals surface area contributed by atoms with Crippen LogP contribution in [0.15, 0.2) is 0 Å². The van der Waals surface area contributed by atoms with Crippen molar-refractivity contribution in [3.05, 3.63) is 0 Å². The fraction of sp³-hybridized carbons (Fsp3) is 0.938. The summed E-state index contributed by atoms with van der Waals surface area (Å²) in [6.07, 6.45) is 3.51. The van der Waals surface area contributed by atoms with E-state index in [0.29, 0.717) is 11.9 Å². The predicted octanol–water partition coefficient (Wildman–Crippen LogP) is 2.66. The fourth-order valence-electron chi connectivity index (χ4n) is 3.74. The minimum absolute atomic E-state index is 0.152. The Balaban J connectivity index is 2.01. The first-order chi connectivity index (χ1) is 8.82. The summed E-state index contributed by atoms with van der Waals surface area (Å²) in [5, 5.41) is 3.51. The Bertz CT molecular complexity index is 329. The maximum atomic E-state index is 12.8. The maximum Gasteiger partial charge on any atom is 0.226 e. The highest BCUT2D eigenvalue weighted by molar-refractivity contribution is 5.84. The standard InChI is InChI=1S/C16H30N2O/c1-6-10-18(11-12-8-7-9-17-12)14(19)13-15(2,3)16(13,4)5/h12-13,17H,6-11H2,1-5H3. The first kappa shape index (κ1) is 14.8. The minimum atomic E-state index is 0.152. The van der Waals surface area contributed by atoms with Gasteiger partial charge in [-0.2, -0.15) is 0 Å². The Hall–Kier alpha value is -0.570. The van der Waals surface area contributed by atoms with Crippen LogP contribution in [0.4, 0.5) is 0 Å². The highest BCUT2D eigenvalue weighted by atomic mass is 16.2. The molecule has 2 rings (SSSR count). The fourth-order valence-corrected chi connectivity index (χ4v) is 3.74. The molecule has 1 aliphatic carbocycles. The number of hydrogen-bond donors (Lipinski definition) is 1. The van der Waals surface area contributed by atoms with E-state index in [-0.39, 0.29) is 16.7 Å². The molecule has 1 amide bonds. The Morgan fingerprint density at radius 3 is 2.32 bits per heavy atom. The summed E-state index contributed by atoms with van der Waals surface area (Å²) in [4.78, 5) is 14.9. The Morgan fingerprint density at radius 2 is 1.89 bits per heavy atom. The lowest BCUT2D eigenvalue weighted by atomic mass is 10.0.